The standard InChI is InChI=1S/C25H22N2O4/c28-23(16-30-25(29)20-10-9-17-5-1-2-6-19(17)15-20)27-13-11-18(12-14-27)24-26-21-7-3-4-8-22(21)31-24/h1-10,15,18H,11-14,16H2. The number of aromatic nitrogens is 1. The van der Waals surface area contributed by atoms with Crippen molar-refractivity contribution >= 4 is 33.7 Å². The number of carbonyl (C=O) groups is 2. The molecule has 156 valence electrons. The molecule has 1 aliphatic heterocycles. The van der Waals surface area contributed by atoms with Gasteiger partial charge in [-0.15, -0.1) is 0 Å². The second-order valence-electron chi connectivity index (χ2n) is 7.81. The van der Waals surface area contributed by atoms with Gasteiger partial charge in [-0.3, -0.25) is 4.79 Å². The maximum Gasteiger partial charge on any atom is 0.338 e. The highest BCUT2D eigenvalue weighted by Crippen LogP contribution is 2.30. The molecule has 0 unspecified atom stereocenters. The summed E-state index contributed by atoms with van der Waals surface area (Å²) < 4.78 is 11.2. The van der Waals surface area contributed by atoms with Crippen molar-refractivity contribution in [3.05, 3.63) is 78.2 Å². The van der Waals surface area contributed by atoms with Gasteiger partial charge in [0.2, 0.25) is 0 Å². The smallest absolute Gasteiger partial charge is 0.338 e. The van der Waals surface area contributed by atoms with Gasteiger partial charge < -0.3 is 14.1 Å². The maximum absolute atomic E-state index is 12.5. The predicted octanol–water partition coefficient (Wildman–Crippen LogP) is 4.54. The van der Waals surface area contributed by atoms with Gasteiger partial charge in [0.05, 0.1) is 5.56 Å². The normalized spacial score (nSPS) is 14.8. The quantitative estimate of drug-likeness (QED) is 0.458. The summed E-state index contributed by atoms with van der Waals surface area (Å²) in [5, 5.41) is 2.02. The zero-order chi connectivity index (χ0) is 21.2. The number of rotatable bonds is 4. The van der Waals surface area contributed by atoms with Crippen molar-refractivity contribution in [2.45, 2.75) is 18.8 Å². The van der Waals surface area contributed by atoms with Gasteiger partial charge in [-0.25, -0.2) is 9.78 Å². The molecular weight excluding hydrogens is 392 g/mol. The lowest BCUT2D eigenvalue weighted by molar-refractivity contribution is -0.135. The number of oxazole rings is 1. The number of hydrogen-bond donors (Lipinski definition) is 0. The molecule has 5 rings (SSSR count). The molecule has 2 heterocycles. The number of esters is 1. The predicted molar refractivity (Wildman–Crippen MR) is 117 cm³/mol. The number of hydrogen-bond acceptors (Lipinski definition) is 5. The highest BCUT2D eigenvalue weighted by molar-refractivity contribution is 5.96. The average molecular weight is 414 g/mol. The van der Waals surface area contributed by atoms with Crippen molar-refractivity contribution in [2.24, 2.45) is 0 Å². The molecule has 0 spiro atoms. The highest BCUT2D eigenvalue weighted by atomic mass is 16.5. The van der Waals surface area contributed by atoms with E-state index in [-0.39, 0.29) is 18.4 Å². The molecule has 1 amide bonds. The molecule has 0 aliphatic carbocycles. The van der Waals surface area contributed by atoms with E-state index in [9.17, 15) is 9.59 Å². The Hall–Kier alpha value is -3.67. The number of ether oxygens (including phenoxy) is 1. The van der Waals surface area contributed by atoms with Crippen molar-refractivity contribution in [3.63, 3.8) is 0 Å². The van der Waals surface area contributed by atoms with Crippen LogP contribution in [0, 0.1) is 0 Å². The molecule has 1 aliphatic rings. The van der Waals surface area contributed by atoms with Gasteiger partial charge >= 0.3 is 5.97 Å². The van der Waals surface area contributed by atoms with Crippen LogP contribution in [0.25, 0.3) is 21.9 Å². The third kappa shape index (κ3) is 4.01. The van der Waals surface area contributed by atoms with Crippen molar-refractivity contribution < 1.29 is 18.7 Å². The van der Waals surface area contributed by atoms with Crippen molar-refractivity contribution in [3.8, 4) is 0 Å². The molecular formula is C25H22N2O4. The van der Waals surface area contributed by atoms with E-state index in [1.54, 1.807) is 17.0 Å². The van der Waals surface area contributed by atoms with E-state index in [2.05, 4.69) is 4.98 Å². The summed E-state index contributed by atoms with van der Waals surface area (Å²) in [6.07, 6.45) is 1.55. The van der Waals surface area contributed by atoms with Crippen LogP contribution in [-0.2, 0) is 9.53 Å². The van der Waals surface area contributed by atoms with Crippen LogP contribution >= 0.6 is 0 Å². The van der Waals surface area contributed by atoms with Crippen LogP contribution in [0.2, 0.25) is 0 Å². The summed E-state index contributed by atoms with van der Waals surface area (Å²) >= 11 is 0. The van der Waals surface area contributed by atoms with Crippen molar-refractivity contribution in [1.29, 1.82) is 0 Å². The molecule has 6 heteroatoms. The van der Waals surface area contributed by atoms with Gasteiger partial charge in [-0.2, -0.15) is 0 Å². The minimum absolute atomic E-state index is 0.176. The van der Waals surface area contributed by atoms with Crippen molar-refractivity contribution in [2.75, 3.05) is 19.7 Å². The number of piperidine rings is 1. The summed E-state index contributed by atoms with van der Waals surface area (Å²) in [7, 11) is 0. The minimum atomic E-state index is -0.486. The van der Waals surface area contributed by atoms with E-state index in [1.807, 2.05) is 54.6 Å². The summed E-state index contributed by atoms with van der Waals surface area (Å²) in [5.41, 5.74) is 2.09. The highest BCUT2D eigenvalue weighted by Gasteiger charge is 2.27. The Morgan fingerprint density at radius 2 is 1.71 bits per heavy atom. The zero-order valence-corrected chi connectivity index (χ0v) is 17.0. The van der Waals surface area contributed by atoms with Gasteiger partial charge in [0.25, 0.3) is 5.91 Å². The molecule has 1 fully saturated rings. The minimum Gasteiger partial charge on any atom is -0.452 e. The molecule has 3 aromatic carbocycles. The number of carbonyl (C=O) groups excluding carboxylic acids is 2. The summed E-state index contributed by atoms with van der Waals surface area (Å²) in [5.74, 6) is 0.262. The van der Waals surface area contributed by atoms with E-state index < -0.39 is 5.97 Å². The van der Waals surface area contributed by atoms with Gasteiger partial charge in [-0.05, 0) is 47.9 Å². The van der Waals surface area contributed by atoms with E-state index >= 15 is 0 Å². The lowest BCUT2D eigenvalue weighted by Gasteiger charge is -2.30. The first-order valence-corrected chi connectivity index (χ1v) is 10.5. The number of fused-ring (bicyclic) bond motifs is 2. The molecule has 0 saturated carbocycles. The fourth-order valence-corrected chi connectivity index (χ4v) is 4.06. The first kappa shape index (κ1) is 19.3. The van der Waals surface area contributed by atoms with Gasteiger partial charge in [0, 0.05) is 19.0 Å². The average Bonchev–Trinajstić information content (AvgIpc) is 3.26. The van der Waals surface area contributed by atoms with E-state index in [1.165, 1.54) is 0 Å². The Balaban J connectivity index is 1.15. The Morgan fingerprint density at radius 3 is 2.52 bits per heavy atom. The second kappa shape index (κ2) is 8.22. The van der Waals surface area contributed by atoms with E-state index in [0.29, 0.717) is 18.7 Å². The topological polar surface area (TPSA) is 72.6 Å². The Morgan fingerprint density at radius 1 is 0.968 bits per heavy atom. The number of para-hydroxylation sites is 2. The summed E-state index contributed by atoms with van der Waals surface area (Å²) in [4.78, 5) is 31.2. The van der Waals surface area contributed by atoms with Crippen LogP contribution in [-0.4, -0.2) is 41.5 Å². The molecule has 4 aromatic rings. The van der Waals surface area contributed by atoms with Crippen LogP contribution in [0.15, 0.2) is 71.1 Å². The van der Waals surface area contributed by atoms with Crippen LogP contribution < -0.4 is 0 Å². The van der Waals surface area contributed by atoms with Crippen LogP contribution in [0.4, 0.5) is 0 Å². The molecule has 0 atom stereocenters. The number of nitrogens with zero attached hydrogens (tertiary/aromatic N) is 2. The molecule has 31 heavy (non-hydrogen) atoms. The Bertz CT molecular complexity index is 1220. The van der Waals surface area contributed by atoms with Crippen LogP contribution in [0.1, 0.15) is 35.0 Å². The van der Waals surface area contributed by atoms with Gasteiger partial charge in [0.15, 0.2) is 18.1 Å². The summed E-state index contributed by atoms with van der Waals surface area (Å²) in [6, 6.07) is 20.9. The fraction of sp³-hybridized carbons (Fsp3) is 0.240. The van der Waals surface area contributed by atoms with Crippen LogP contribution in [0.5, 0.6) is 0 Å². The molecule has 1 aromatic heterocycles. The lowest BCUT2D eigenvalue weighted by atomic mass is 9.97. The SMILES string of the molecule is O=C(OCC(=O)N1CCC(c2nc3ccccc3o2)CC1)c1ccc2ccccc2c1. The molecule has 0 bridgehead atoms. The van der Waals surface area contributed by atoms with E-state index in [0.717, 1.165) is 40.6 Å². The Kier molecular flexibility index (Phi) is 5.12. The number of benzene rings is 3. The first-order chi connectivity index (χ1) is 15.2. The first-order valence-electron chi connectivity index (χ1n) is 10.5. The zero-order valence-electron chi connectivity index (χ0n) is 17.0. The van der Waals surface area contributed by atoms with Gasteiger partial charge in [-0.1, -0.05) is 42.5 Å². The summed E-state index contributed by atoms with van der Waals surface area (Å²) in [6.45, 7) is 0.935. The largest absolute Gasteiger partial charge is 0.452 e. The number of amides is 1. The monoisotopic (exact) mass is 414 g/mol. The fourth-order valence-electron chi connectivity index (χ4n) is 4.06. The lowest BCUT2D eigenvalue weighted by Crippen LogP contribution is -2.40. The Labute approximate surface area is 179 Å². The van der Waals surface area contributed by atoms with Gasteiger partial charge in [0.1, 0.15) is 5.52 Å². The molecule has 0 radical (unpaired) electrons. The van der Waals surface area contributed by atoms with Crippen molar-refractivity contribution in [1.82, 2.24) is 9.88 Å². The van der Waals surface area contributed by atoms with Crippen LogP contribution in [0.3, 0.4) is 0 Å². The molecule has 6 nitrogen and oxygen atoms in total. The van der Waals surface area contributed by atoms with E-state index in [4.69, 9.17) is 9.15 Å². The maximum atomic E-state index is 12.5. The molecule has 1 saturated heterocycles. The third-order valence-electron chi connectivity index (χ3n) is 5.82. The number of likely N-dealkylation sites (tertiary alicyclic amines) is 1. The second-order valence-corrected chi connectivity index (χ2v) is 7.81. The molecule has 0 N–H and O–H groups in total. The third-order valence-corrected chi connectivity index (χ3v) is 5.82.